The van der Waals surface area contributed by atoms with Crippen LogP contribution in [0.3, 0.4) is 0 Å². The van der Waals surface area contributed by atoms with E-state index < -0.39 is 5.97 Å². The lowest BCUT2D eigenvalue weighted by Gasteiger charge is -2.13. The van der Waals surface area contributed by atoms with Crippen molar-refractivity contribution in [1.82, 2.24) is 4.90 Å². The first-order valence-corrected chi connectivity index (χ1v) is 8.77. The molecule has 2 aromatic carbocycles. The van der Waals surface area contributed by atoms with Gasteiger partial charge in [0.15, 0.2) is 0 Å². The Kier molecular flexibility index (Phi) is 5.54. The van der Waals surface area contributed by atoms with Gasteiger partial charge in [0.2, 0.25) is 0 Å². The molecule has 3 rings (SSSR count). The molecule has 140 valence electrons. The Labute approximate surface area is 157 Å². The number of fused-ring (bicyclic) bond motifs is 1. The van der Waals surface area contributed by atoms with E-state index in [-0.39, 0.29) is 38.0 Å². The number of benzene rings is 2. The highest BCUT2D eigenvalue weighted by molar-refractivity contribution is 6.21. The van der Waals surface area contributed by atoms with E-state index in [9.17, 15) is 14.4 Å². The van der Waals surface area contributed by atoms with E-state index in [2.05, 4.69) is 0 Å². The Morgan fingerprint density at radius 3 is 2.11 bits per heavy atom. The van der Waals surface area contributed by atoms with E-state index in [4.69, 9.17) is 9.47 Å². The van der Waals surface area contributed by atoms with Crippen molar-refractivity contribution in [3.63, 3.8) is 0 Å². The quantitative estimate of drug-likeness (QED) is 0.427. The first kappa shape index (κ1) is 18.6. The number of esters is 1. The van der Waals surface area contributed by atoms with Gasteiger partial charge < -0.3 is 9.47 Å². The summed E-state index contributed by atoms with van der Waals surface area (Å²) in [6, 6.07) is 12.5. The molecule has 0 N–H and O–H groups in total. The number of carbonyl (C=O) groups is 3. The molecule has 1 aliphatic heterocycles. The maximum absolute atomic E-state index is 12.2. The fourth-order valence-electron chi connectivity index (χ4n) is 3.05. The predicted octanol–water partition coefficient (Wildman–Crippen LogP) is 2.91. The highest BCUT2D eigenvalue weighted by Gasteiger charge is 2.35. The van der Waals surface area contributed by atoms with Crippen molar-refractivity contribution in [3.05, 3.63) is 64.7 Å². The lowest BCUT2D eigenvalue weighted by molar-refractivity contribution is -0.144. The number of carbonyl (C=O) groups excluding carboxylic acids is 3. The highest BCUT2D eigenvalue weighted by Crippen LogP contribution is 2.22. The van der Waals surface area contributed by atoms with Gasteiger partial charge in [-0.15, -0.1) is 0 Å². The zero-order valence-corrected chi connectivity index (χ0v) is 15.4. The van der Waals surface area contributed by atoms with E-state index in [1.165, 1.54) is 0 Å². The Morgan fingerprint density at radius 2 is 1.52 bits per heavy atom. The smallest absolute Gasteiger partial charge is 0.307 e. The standard InChI is InChI=1S/C21H21NO5/c1-14-11-15(2)13-16(12-14)26-9-10-27-19(23)7-8-22-20(24)17-5-3-4-6-18(17)21(22)25/h3-6,11-13H,7-10H2,1-2H3. The molecule has 27 heavy (non-hydrogen) atoms. The summed E-state index contributed by atoms with van der Waals surface area (Å²) in [6.45, 7) is 4.32. The van der Waals surface area contributed by atoms with Gasteiger partial charge in [0, 0.05) is 6.54 Å². The minimum atomic E-state index is -0.476. The molecule has 0 bridgehead atoms. The normalized spacial score (nSPS) is 12.9. The maximum atomic E-state index is 12.2. The van der Waals surface area contributed by atoms with Gasteiger partial charge in [0.05, 0.1) is 17.5 Å². The van der Waals surface area contributed by atoms with Gasteiger partial charge in [-0.25, -0.2) is 0 Å². The van der Waals surface area contributed by atoms with Crippen LogP contribution < -0.4 is 4.74 Å². The molecule has 0 saturated heterocycles. The van der Waals surface area contributed by atoms with Gasteiger partial charge in [-0.05, 0) is 49.2 Å². The second-order valence-corrected chi connectivity index (χ2v) is 6.45. The minimum absolute atomic E-state index is 0.00309. The molecule has 0 atom stereocenters. The molecular formula is C21H21NO5. The molecule has 0 unspecified atom stereocenters. The molecule has 2 amide bonds. The molecule has 0 aliphatic carbocycles. The topological polar surface area (TPSA) is 72.9 Å². The van der Waals surface area contributed by atoms with Crippen molar-refractivity contribution in [2.75, 3.05) is 19.8 Å². The van der Waals surface area contributed by atoms with E-state index in [1.807, 2.05) is 32.0 Å². The Balaban J connectivity index is 1.42. The number of aryl methyl sites for hydroxylation is 2. The third kappa shape index (κ3) is 4.34. The van der Waals surface area contributed by atoms with Crippen molar-refractivity contribution < 1.29 is 23.9 Å². The summed E-state index contributed by atoms with van der Waals surface area (Å²) in [5.41, 5.74) is 2.95. The molecule has 6 nitrogen and oxygen atoms in total. The molecule has 6 heteroatoms. The van der Waals surface area contributed by atoms with Crippen LogP contribution in [0.2, 0.25) is 0 Å². The SMILES string of the molecule is Cc1cc(C)cc(OCCOC(=O)CCN2C(=O)c3ccccc3C2=O)c1. The first-order chi connectivity index (χ1) is 13.0. The molecular weight excluding hydrogens is 346 g/mol. The lowest BCUT2D eigenvalue weighted by atomic mass is 10.1. The van der Waals surface area contributed by atoms with Crippen LogP contribution in [-0.2, 0) is 9.53 Å². The number of imide groups is 1. The largest absolute Gasteiger partial charge is 0.490 e. The van der Waals surface area contributed by atoms with Crippen molar-refractivity contribution >= 4 is 17.8 Å². The van der Waals surface area contributed by atoms with Gasteiger partial charge >= 0.3 is 5.97 Å². The Hall–Kier alpha value is -3.15. The number of rotatable bonds is 7. The van der Waals surface area contributed by atoms with E-state index in [1.54, 1.807) is 24.3 Å². The molecule has 0 spiro atoms. The van der Waals surface area contributed by atoms with Crippen LogP contribution in [0.1, 0.15) is 38.3 Å². The third-order valence-corrected chi connectivity index (χ3v) is 4.23. The average molecular weight is 367 g/mol. The van der Waals surface area contributed by atoms with E-state index in [0.29, 0.717) is 11.1 Å². The highest BCUT2D eigenvalue weighted by atomic mass is 16.6. The summed E-state index contributed by atoms with van der Waals surface area (Å²) < 4.78 is 10.7. The van der Waals surface area contributed by atoms with Crippen molar-refractivity contribution in [3.8, 4) is 5.75 Å². The Morgan fingerprint density at radius 1 is 0.926 bits per heavy atom. The molecule has 0 radical (unpaired) electrons. The Bertz CT molecular complexity index is 835. The number of ether oxygens (including phenoxy) is 2. The second-order valence-electron chi connectivity index (χ2n) is 6.45. The summed E-state index contributed by atoms with van der Waals surface area (Å²) in [5.74, 6) is -0.492. The number of amides is 2. The van der Waals surface area contributed by atoms with Crippen molar-refractivity contribution in [2.24, 2.45) is 0 Å². The zero-order chi connectivity index (χ0) is 19.4. The van der Waals surface area contributed by atoms with Crippen molar-refractivity contribution in [2.45, 2.75) is 20.3 Å². The van der Waals surface area contributed by atoms with Crippen LogP contribution in [0.25, 0.3) is 0 Å². The van der Waals surface area contributed by atoms with Gasteiger partial charge in [-0.3, -0.25) is 19.3 Å². The zero-order valence-electron chi connectivity index (χ0n) is 15.4. The molecule has 0 saturated carbocycles. The fourth-order valence-corrected chi connectivity index (χ4v) is 3.05. The van der Waals surface area contributed by atoms with Crippen LogP contribution in [-0.4, -0.2) is 42.4 Å². The van der Waals surface area contributed by atoms with Crippen LogP contribution in [0, 0.1) is 13.8 Å². The second kappa shape index (κ2) is 8.03. The summed E-state index contributed by atoms with van der Waals surface area (Å²) in [5, 5.41) is 0. The van der Waals surface area contributed by atoms with Gasteiger partial charge in [-0.2, -0.15) is 0 Å². The first-order valence-electron chi connectivity index (χ1n) is 8.77. The lowest BCUT2D eigenvalue weighted by Crippen LogP contribution is -2.32. The van der Waals surface area contributed by atoms with E-state index in [0.717, 1.165) is 21.8 Å². The minimum Gasteiger partial charge on any atom is -0.490 e. The average Bonchev–Trinajstić information content (AvgIpc) is 2.87. The van der Waals surface area contributed by atoms with Crippen LogP contribution >= 0.6 is 0 Å². The maximum Gasteiger partial charge on any atom is 0.307 e. The summed E-state index contributed by atoms with van der Waals surface area (Å²) >= 11 is 0. The summed E-state index contributed by atoms with van der Waals surface area (Å²) in [6.07, 6.45) is -0.0466. The summed E-state index contributed by atoms with van der Waals surface area (Å²) in [4.78, 5) is 37.4. The van der Waals surface area contributed by atoms with Gasteiger partial charge in [0.1, 0.15) is 19.0 Å². The molecule has 2 aromatic rings. The molecule has 0 aromatic heterocycles. The number of hydrogen-bond donors (Lipinski definition) is 0. The van der Waals surface area contributed by atoms with E-state index >= 15 is 0 Å². The fraction of sp³-hybridized carbons (Fsp3) is 0.286. The molecule has 1 heterocycles. The predicted molar refractivity (Wildman–Crippen MR) is 98.8 cm³/mol. The number of nitrogens with zero attached hydrogens (tertiary/aromatic N) is 1. The third-order valence-electron chi connectivity index (χ3n) is 4.23. The van der Waals surface area contributed by atoms with Crippen LogP contribution in [0.15, 0.2) is 42.5 Å². The monoisotopic (exact) mass is 367 g/mol. The molecule has 1 aliphatic rings. The summed E-state index contributed by atoms with van der Waals surface area (Å²) in [7, 11) is 0. The van der Waals surface area contributed by atoms with Gasteiger partial charge in [-0.1, -0.05) is 18.2 Å². The van der Waals surface area contributed by atoms with Crippen LogP contribution in [0.4, 0.5) is 0 Å². The van der Waals surface area contributed by atoms with Gasteiger partial charge in [0.25, 0.3) is 11.8 Å². The number of hydrogen-bond acceptors (Lipinski definition) is 5. The molecule has 0 fully saturated rings. The van der Waals surface area contributed by atoms with Crippen molar-refractivity contribution in [1.29, 1.82) is 0 Å². The van der Waals surface area contributed by atoms with Crippen LogP contribution in [0.5, 0.6) is 5.75 Å².